The molecule has 0 aliphatic heterocycles. The number of likely N-dealkylation sites (N-methyl/N-ethyl adjacent to an activating group) is 1. The minimum atomic E-state index is -0.360. The maximum Gasteiger partial charge on any atom is 0.249 e. The first-order chi connectivity index (χ1) is 14.9. The van der Waals surface area contributed by atoms with Gasteiger partial charge in [-0.1, -0.05) is 114 Å². The molecule has 0 amide bonds. The summed E-state index contributed by atoms with van der Waals surface area (Å²) in [4.78, 5) is 24.6. The standard InChI is InChI=1S/C16H28N2O2.C4H10.C3H8.2C2H6/c1-4-5-6-7-8-9-11-18(3)12-10-17-14-13(2)15(19)16(14)20;1-3-4-2;1-3-2;2*1-2/h17H,4-12H2,1-3H3;3-4H2,1-2H3;3H2,1-2H3;2*1-2H3. The van der Waals surface area contributed by atoms with Crippen LogP contribution in [0.4, 0.5) is 5.69 Å². The van der Waals surface area contributed by atoms with E-state index in [2.05, 4.69) is 51.9 Å². The highest BCUT2D eigenvalue weighted by atomic mass is 16.2. The van der Waals surface area contributed by atoms with Crippen molar-refractivity contribution in [2.45, 2.75) is 127 Å². The van der Waals surface area contributed by atoms with Crippen LogP contribution in [0.5, 0.6) is 0 Å². The molecular weight excluding hydrogens is 384 g/mol. The summed E-state index contributed by atoms with van der Waals surface area (Å²) < 4.78 is 0. The Hall–Kier alpha value is -1.16. The fraction of sp³-hybridized carbons (Fsp3) is 0.852. The third-order valence-corrected chi connectivity index (χ3v) is 4.34. The predicted molar refractivity (Wildman–Crippen MR) is 145 cm³/mol. The Bertz CT molecular complexity index is 503. The Balaban J connectivity index is -0.000000279. The highest BCUT2D eigenvalue weighted by molar-refractivity contribution is 5.55. The van der Waals surface area contributed by atoms with Crippen LogP contribution < -0.4 is 16.2 Å². The molecule has 0 unspecified atom stereocenters. The van der Waals surface area contributed by atoms with Gasteiger partial charge in [0.15, 0.2) is 0 Å². The molecule has 0 radical (unpaired) electrons. The van der Waals surface area contributed by atoms with E-state index in [1.165, 1.54) is 57.8 Å². The van der Waals surface area contributed by atoms with Gasteiger partial charge in [0.25, 0.3) is 0 Å². The van der Waals surface area contributed by atoms with E-state index in [9.17, 15) is 9.59 Å². The summed E-state index contributed by atoms with van der Waals surface area (Å²) in [5.41, 5.74) is 0.394. The molecule has 1 N–H and O–H groups in total. The Kier molecular flexibility index (Phi) is 37.2. The number of hydrogen-bond donors (Lipinski definition) is 1. The smallest absolute Gasteiger partial charge is 0.249 e. The fourth-order valence-corrected chi connectivity index (χ4v) is 2.36. The molecule has 0 aliphatic carbocycles. The lowest BCUT2D eigenvalue weighted by Crippen LogP contribution is -2.38. The Morgan fingerprint density at radius 2 is 1.13 bits per heavy atom. The van der Waals surface area contributed by atoms with Crippen molar-refractivity contribution in [2.75, 3.05) is 32.0 Å². The number of nitrogens with one attached hydrogen (secondary N) is 1. The van der Waals surface area contributed by atoms with Gasteiger partial charge in [-0.2, -0.15) is 0 Å². The van der Waals surface area contributed by atoms with Gasteiger partial charge in [0.05, 0.1) is 5.69 Å². The lowest BCUT2D eigenvalue weighted by Gasteiger charge is -2.18. The Morgan fingerprint density at radius 3 is 1.55 bits per heavy atom. The van der Waals surface area contributed by atoms with E-state index in [0.717, 1.165) is 19.6 Å². The summed E-state index contributed by atoms with van der Waals surface area (Å²) in [5, 5.41) is 3.07. The zero-order chi connectivity index (χ0) is 25.1. The number of hydrogen-bond acceptors (Lipinski definition) is 4. The van der Waals surface area contributed by atoms with Crippen LogP contribution in [0, 0.1) is 6.92 Å². The second-order valence-corrected chi connectivity index (χ2v) is 7.36. The summed E-state index contributed by atoms with van der Waals surface area (Å²) in [7, 11) is 2.10. The first kappa shape index (κ1) is 37.2. The van der Waals surface area contributed by atoms with Crippen LogP contribution in [-0.4, -0.2) is 31.6 Å². The van der Waals surface area contributed by atoms with E-state index in [0.29, 0.717) is 11.3 Å². The highest BCUT2D eigenvalue weighted by Gasteiger charge is 2.15. The highest BCUT2D eigenvalue weighted by Crippen LogP contribution is 2.06. The molecule has 31 heavy (non-hydrogen) atoms. The van der Waals surface area contributed by atoms with Crippen LogP contribution in [0.2, 0.25) is 0 Å². The van der Waals surface area contributed by atoms with Gasteiger partial charge < -0.3 is 10.2 Å². The minimum absolute atomic E-state index is 0.340. The van der Waals surface area contributed by atoms with Crippen LogP contribution in [0.3, 0.4) is 0 Å². The second kappa shape index (κ2) is 31.0. The molecule has 1 rings (SSSR count). The van der Waals surface area contributed by atoms with Gasteiger partial charge in [-0.25, -0.2) is 0 Å². The van der Waals surface area contributed by atoms with E-state index >= 15 is 0 Å². The largest absolute Gasteiger partial charge is 0.380 e. The van der Waals surface area contributed by atoms with Gasteiger partial charge in [-0.15, -0.1) is 0 Å². The van der Waals surface area contributed by atoms with Crippen LogP contribution >= 0.6 is 0 Å². The fourth-order valence-electron chi connectivity index (χ4n) is 2.36. The van der Waals surface area contributed by atoms with Gasteiger partial charge in [-0.05, 0) is 26.9 Å². The summed E-state index contributed by atoms with van der Waals surface area (Å²) in [6.45, 7) is 23.3. The van der Waals surface area contributed by atoms with Crippen molar-refractivity contribution in [1.82, 2.24) is 4.90 Å². The van der Waals surface area contributed by atoms with Crippen molar-refractivity contribution in [3.8, 4) is 0 Å². The van der Waals surface area contributed by atoms with Gasteiger partial charge in [0.2, 0.25) is 10.9 Å². The molecule has 1 aromatic rings. The zero-order valence-electron chi connectivity index (χ0n) is 23.2. The van der Waals surface area contributed by atoms with Crippen molar-refractivity contribution in [3.63, 3.8) is 0 Å². The molecule has 0 atom stereocenters. The molecule has 4 nitrogen and oxygen atoms in total. The zero-order valence-corrected chi connectivity index (χ0v) is 23.2. The van der Waals surface area contributed by atoms with Crippen LogP contribution in [-0.2, 0) is 0 Å². The lowest BCUT2D eigenvalue weighted by atomic mass is 10.1. The van der Waals surface area contributed by atoms with E-state index in [-0.39, 0.29) is 10.9 Å². The van der Waals surface area contributed by atoms with Crippen LogP contribution in [0.25, 0.3) is 0 Å². The molecule has 0 saturated carbocycles. The first-order valence-corrected chi connectivity index (χ1v) is 13.1. The SMILES string of the molecule is CC.CC.CCC.CCCC.CCCCCCCCN(C)CCNc1c(C)c(=O)c1=O. The van der Waals surface area contributed by atoms with Gasteiger partial charge in [0.1, 0.15) is 0 Å². The van der Waals surface area contributed by atoms with Gasteiger partial charge >= 0.3 is 0 Å². The third kappa shape index (κ3) is 23.3. The van der Waals surface area contributed by atoms with Crippen LogP contribution in [0.15, 0.2) is 9.59 Å². The second-order valence-electron chi connectivity index (χ2n) is 7.36. The van der Waals surface area contributed by atoms with Gasteiger partial charge in [-0.3, -0.25) is 9.59 Å². The molecule has 188 valence electrons. The molecule has 0 heterocycles. The van der Waals surface area contributed by atoms with Crippen molar-refractivity contribution in [2.24, 2.45) is 0 Å². The normalized spacial score (nSPS) is 9.29. The maximum atomic E-state index is 11.3. The Morgan fingerprint density at radius 1 is 0.677 bits per heavy atom. The molecule has 0 fully saturated rings. The molecule has 0 aromatic heterocycles. The maximum absolute atomic E-state index is 11.3. The number of unbranched alkanes of at least 4 members (excludes halogenated alkanes) is 6. The summed E-state index contributed by atoms with van der Waals surface area (Å²) in [6.07, 6.45) is 11.8. The summed E-state index contributed by atoms with van der Waals surface area (Å²) >= 11 is 0. The number of rotatable bonds is 12. The quantitative estimate of drug-likeness (QED) is 0.268. The van der Waals surface area contributed by atoms with Crippen molar-refractivity contribution >= 4 is 5.69 Å². The van der Waals surface area contributed by atoms with Crippen molar-refractivity contribution in [3.05, 3.63) is 26.0 Å². The molecule has 4 heteroatoms. The Labute approximate surface area is 195 Å². The predicted octanol–water partition coefficient (Wildman–Crippen LogP) is 7.57. The molecule has 0 spiro atoms. The van der Waals surface area contributed by atoms with E-state index < -0.39 is 0 Å². The van der Waals surface area contributed by atoms with E-state index in [1.54, 1.807) is 6.92 Å². The number of anilines is 1. The average molecular weight is 443 g/mol. The summed E-state index contributed by atoms with van der Waals surface area (Å²) in [5.74, 6) is 0. The minimum Gasteiger partial charge on any atom is -0.380 e. The van der Waals surface area contributed by atoms with Crippen molar-refractivity contribution in [1.29, 1.82) is 0 Å². The topological polar surface area (TPSA) is 49.4 Å². The van der Waals surface area contributed by atoms with Crippen LogP contribution in [0.1, 0.15) is 126 Å². The molecule has 0 aliphatic rings. The lowest BCUT2D eigenvalue weighted by molar-refractivity contribution is 0.335. The molecule has 1 aromatic carbocycles. The average Bonchev–Trinajstić information content (AvgIpc) is 2.81. The third-order valence-electron chi connectivity index (χ3n) is 4.34. The van der Waals surface area contributed by atoms with Crippen molar-refractivity contribution < 1.29 is 0 Å². The van der Waals surface area contributed by atoms with E-state index in [4.69, 9.17) is 0 Å². The molecule has 0 saturated heterocycles. The monoisotopic (exact) mass is 442 g/mol. The first-order valence-electron chi connectivity index (χ1n) is 13.1. The molecule has 0 bridgehead atoms. The van der Waals surface area contributed by atoms with Gasteiger partial charge in [0, 0.05) is 18.7 Å². The summed E-state index contributed by atoms with van der Waals surface area (Å²) in [6, 6.07) is 0. The molecular formula is C27H58N2O2. The van der Waals surface area contributed by atoms with E-state index in [1.807, 2.05) is 27.7 Å². The number of nitrogens with zero attached hydrogens (tertiary/aromatic N) is 1.